The summed E-state index contributed by atoms with van der Waals surface area (Å²) in [6.07, 6.45) is 3.06. The van der Waals surface area contributed by atoms with Crippen molar-refractivity contribution in [1.29, 1.82) is 0 Å². The highest BCUT2D eigenvalue weighted by atomic mass is 32.1. The highest BCUT2D eigenvalue weighted by Gasteiger charge is 2.32. The molecule has 1 aromatic carbocycles. The van der Waals surface area contributed by atoms with Crippen LogP contribution in [0.15, 0.2) is 54.9 Å². The van der Waals surface area contributed by atoms with Crippen molar-refractivity contribution in [2.75, 3.05) is 33.8 Å². The first-order valence-corrected chi connectivity index (χ1v) is 11.2. The molecule has 3 aromatic heterocycles. The third kappa shape index (κ3) is 3.61. The van der Waals surface area contributed by atoms with Crippen molar-refractivity contribution >= 4 is 44.3 Å². The number of fused-ring (bicyclic) bond motifs is 2. The zero-order valence-corrected chi connectivity index (χ0v) is 18.6. The van der Waals surface area contributed by atoms with E-state index in [2.05, 4.69) is 9.97 Å². The predicted molar refractivity (Wildman–Crippen MR) is 124 cm³/mol. The van der Waals surface area contributed by atoms with Crippen LogP contribution in [0.5, 0.6) is 0 Å². The Kier molecular flexibility index (Phi) is 5.32. The Balaban J connectivity index is 1.48. The number of carbonyl (C=O) groups is 2. The Morgan fingerprint density at radius 3 is 2.78 bits per heavy atom. The summed E-state index contributed by atoms with van der Waals surface area (Å²) in [5.74, 6) is -0.140. The van der Waals surface area contributed by atoms with Crippen LogP contribution in [-0.2, 0) is 4.74 Å². The number of pyridine rings is 2. The molecule has 4 heterocycles. The quantitative estimate of drug-likeness (QED) is 0.479. The molecule has 0 N–H and O–H groups in total. The monoisotopic (exact) mass is 446 g/mol. The first-order valence-electron chi connectivity index (χ1n) is 10.4. The van der Waals surface area contributed by atoms with Crippen molar-refractivity contribution in [1.82, 2.24) is 19.8 Å². The zero-order chi connectivity index (χ0) is 22.2. The minimum absolute atomic E-state index is 0.0535. The van der Waals surface area contributed by atoms with Crippen molar-refractivity contribution in [2.24, 2.45) is 0 Å². The molecule has 0 saturated carbocycles. The van der Waals surface area contributed by atoms with Crippen molar-refractivity contribution in [3.05, 3.63) is 70.9 Å². The van der Waals surface area contributed by atoms with Gasteiger partial charge in [-0.05, 0) is 30.3 Å². The van der Waals surface area contributed by atoms with Gasteiger partial charge in [-0.1, -0.05) is 12.1 Å². The number of benzene rings is 1. The van der Waals surface area contributed by atoms with Gasteiger partial charge in [-0.15, -0.1) is 11.3 Å². The summed E-state index contributed by atoms with van der Waals surface area (Å²) in [5.41, 5.74) is 2.29. The minimum atomic E-state index is -0.397. The molecule has 0 spiro atoms. The highest BCUT2D eigenvalue weighted by Crippen LogP contribution is 2.38. The lowest BCUT2D eigenvalue weighted by Crippen LogP contribution is -2.42. The molecule has 1 atom stereocenters. The summed E-state index contributed by atoms with van der Waals surface area (Å²) in [7, 11) is 3.46. The van der Waals surface area contributed by atoms with Crippen LogP contribution in [0.25, 0.3) is 21.1 Å². The van der Waals surface area contributed by atoms with E-state index in [0.717, 1.165) is 26.7 Å². The van der Waals surface area contributed by atoms with Crippen molar-refractivity contribution in [2.45, 2.75) is 6.10 Å². The second-order valence-electron chi connectivity index (χ2n) is 7.92. The molecule has 162 valence electrons. The fourth-order valence-corrected chi connectivity index (χ4v) is 5.25. The average molecular weight is 447 g/mol. The number of morpholine rings is 1. The highest BCUT2D eigenvalue weighted by molar-refractivity contribution is 7.20. The average Bonchev–Trinajstić information content (AvgIpc) is 3.22. The SMILES string of the molecule is CN(C)C(=O)c1sc2ncccc2c1C1CN(C(=O)c2ccc3ncccc3c2)CCO1. The van der Waals surface area contributed by atoms with Gasteiger partial charge in [-0.25, -0.2) is 4.98 Å². The number of aromatic nitrogens is 2. The van der Waals surface area contributed by atoms with Crippen molar-refractivity contribution in [3.8, 4) is 0 Å². The minimum Gasteiger partial charge on any atom is -0.370 e. The first-order chi connectivity index (χ1) is 15.5. The third-order valence-corrected chi connectivity index (χ3v) is 6.75. The fourth-order valence-electron chi connectivity index (χ4n) is 4.03. The summed E-state index contributed by atoms with van der Waals surface area (Å²) in [6.45, 7) is 1.27. The molecule has 1 aliphatic rings. The summed E-state index contributed by atoms with van der Waals surface area (Å²) in [4.78, 5) is 39.7. The molecule has 1 saturated heterocycles. The maximum atomic E-state index is 13.3. The van der Waals surface area contributed by atoms with E-state index < -0.39 is 6.10 Å². The first kappa shape index (κ1) is 20.5. The fraction of sp³-hybridized carbons (Fsp3) is 0.250. The molecule has 5 rings (SSSR count). The van der Waals surface area contributed by atoms with E-state index >= 15 is 0 Å². The molecule has 2 amide bonds. The molecular formula is C24H22N4O3S. The molecule has 0 aliphatic carbocycles. The largest absolute Gasteiger partial charge is 0.370 e. The van der Waals surface area contributed by atoms with Crippen LogP contribution in [0, 0.1) is 0 Å². The molecule has 0 radical (unpaired) electrons. The number of ether oxygens (including phenoxy) is 1. The molecule has 1 unspecified atom stereocenters. The lowest BCUT2D eigenvalue weighted by atomic mass is 10.0. The van der Waals surface area contributed by atoms with Crippen LogP contribution in [0.1, 0.15) is 31.7 Å². The Labute approximate surface area is 189 Å². The van der Waals surface area contributed by atoms with Crippen LogP contribution in [0.3, 0.4) is 0 Å². The third-order valence-electron chi connectivity index (χ3n) is 5.63. The molecular weight excluding hydrogens is 424 g/mol. The van der Waals surface area contributed by atoms with E-state index in [9.17, 15) is 9.59 Å². The van der Waals surface area contributed by atoms with Gasteiger partial charge in [0, 0.05) is 54.9 Å². The summed E-state index contributed by atoms with van der Waals surface area (Å²) < 4.78 is 6.09. The van der Waals surface area contributed by atoms with E-state index in [1.54, 1.807) is 36.3 Å². The number of rotatable bonds is 3. The van der Waals surface area contributed by atoms with Crippen LogP contribution in [-0.4, -0.2) is 65.4 Å². The van der Waals surface area contributed by atoms with Crippen LogP contribution in [0.4, 0.5) is 0 Å². The molecule has 4 aromatic rings. The standard InChI is InChI=1S/C24H22N4O3S/c1-27(2)24(30)21-20(17-6-4-10-26-22(17)32-21)19-14-28(11-12-31-19)23(29)16-7-8-18-15(13-16)5-3-9-25-18/h3-10,13,19H,11-12,14H2,1-2H3. The Bertz CT molecular complexity index is 1330. The van der Waals surface area contributed by atoms with E-state index in [1.807, 2.05) is 42.5 Å². The van der Waals surface area contributed by atoms with Gasteiger partial charge in [-0.3, -0.25) is 14.6 Å². The second-order valence-corrected chi connectivity index (χ2v) is 8.92. The summed E-state index contributed by atoms with van der Waals surface area (Å²) in [5, 5.41) is 1.83. The Morgan fingerprint density at radius 1 is 1.12 bits per heavy atom. The van der Waals surface area contributed by atoms with Gasteiger partial charge in [0.25, 0.3) is 11.8 Å². The van der Waals surface area contributed by atoms with Gasteiger partial charge in [0.15, 0.2) is 0 Å². The van der Waals surface area contributed by atoms with Gasteiger partial charge in [0.2, 0.25) is 0 Å². The number of carbonyl (C=O) groups excluding carboxylic acids is 2. The van der Waals surface area contributed by atoms with Gasteiger partial charge < -0.3 is 14.5 Å². The van der Waals surface area contributed by atoms with Crippen molar-refractivity contribution < 1.29 is 14.3 Å². The normalized spacial score (nSPS) is 16.4. The lowest BCUT2D eigenvalue weighted by molar-refractivity contribution is -0.0223. The number of thiophene rings is 1. The summed E-state index contributed by atoms with van der Waals surface area (Å²) >= 11 is 1.37. The number of hydrogen-bond acceptors (Lipinski definition) is 6. The maximum absolute atomic E-state index is 13.3. The van der Waals surface area contributed by atoms with E-state index in [0.29, 0.717) is 30.1 Å². The van der Waals surface area contributed by atoms with Gasteiger partial charge in [0.1, 0.15) is 15.8 Å². The van der Waals surface area contributed by atoms with Crippen LogP contribution >= 0.6 is 11.3 Å². The molecule has 0 bridgehead atoms. The number of nitrogens with zero attached hydrogens (tertiary/aromatic N) is 4. The van der Waals surface area contributed by atoms with E-state index in [-0.39, 0.29) is 11.8 Å². The molecule has 1 aliphatic heterocycles. The van der Waals surface area contributed by atoms with Crippen LogP contribution in [0.2, 0.25) is 0 Å². The smallest absolute Gasteiger partial charge is 0.263 e. The van der Waals surface area contributed by atoms with Crippen molar-refractivity contribution in [3.63, 3.8) is 0 Å². The van der Waals surface area contributed by atoms with Gasteiger partial charge in [0.05, 0.1) is 18.7 Å². The Morgan fingerprint density at radius 2 is 1.94 bits per heavy atom. The maximum Gasteiger partial charge on any atom is 0.263 e. The van der Waals surface area contributed by atoms with Crippen LogP contribution < -0.4 is 0 Å². The topological polar surface area (TPSA) is 75.6 Å². The number of amides is 2. The Hall–Kier alpha value is -3.36. The molecule has 8 heteroatoms. The molecule has 32 heavy (non-hydrogen) atoms. The van der Waals surface area contributed by atoms with Gasteiger partial charge in [-0.2, -0.15) is 0 Å². The lowest BCUT2D eigenvalue weighted by Gasteiger charge is -2.33. The van der Waals surface area contributed by atoms with E-state index in [4.69, 9.17) is 4.74 Å². The number of hydrogen-bond donors (Lipinski definition) is 0. The van der Waals surface area contributed by atoms with E-state index in [1.165, 1.54) is 11.3 Å². The van der Waals surface area contributed by atoms with Gasteiger partial charge >= 0.3 is 0 Å². The zero-order valence-electron chi connectivity index (χ0n) is 17.8. The second kappa shape index (κ2) is 8.29. The molecule has 7 nitrogen and oxygen atoms in total. The summed E-state index contributed by atoms with van der Waals surface area (Å²) in [6, 6.07) is 13.2. The molecule has 1 fully saturated rings. The predicted octanol–water partition coefficient (Wildman–Crippen LogP) is 3.76.